The van der Waals surface area contributed by atoms with Gasteiger partial charge < -0.3 is 4.55 Å². The summed E-state index contributed by atoms with van der Waals surface area (Å²) in [6.45, 7) is 4.58. The average molecular weight is 202 g/mol. The number of hydrogen-bond acceptors (Lipinski definition) is 1. The van der Waals surface area contributed by atoms with Gasteiger partial charge >= 0.3 is 0 Å². The Bertz CT molecular complexity index is 241. The molecule has 0 saturated heterocycles. The third-order valence-electron chi connectivity index (χ3n) is 4.42. The van der Waals surface area contributed by atoms with Crippen LogP contribution in [0.1, 0.15) is 39.5 Å². The van der Waals surface area contributed by atoms with E-state index in [1.54, 1.807) is 0 Å². The van der Waals surface area contributed by atoms with Crippen molar-refractivity contribution in [1.82, 2.24) is 0 Å². The van der Waals surface area contributed by atoms with Crippen molar-refractivity contribution in [3.05, 3.63) is 0 Å². The predicted molar refractivity (Wildman–Crippen MR) is 53.8 cm³/mol. The van der Waals surface area contributed by atoms with Crippen LogP contribution in [0, 0.1) is 17.3 Å². The molecule has 2 nitrogen and oxygen atoms in total. The minimum Gasteiger partial charge on any atom is -0.306 e. The maximum Gasteiger partial charge on any atom is 0.156 e. The van der Waals surface area contributed by atoms with Gasteiger partial charge in [0.15, 0.2) is 11.1 Å². The molecular formula is C10H18O2S. The second-order valence-corrected chi connectivity index (χ2v) is 6.18. The highest BCUT2D eigenvalue weighted by Gasteiger charge is 2.53. The Hall–Kier alpha value is 0.110. The number of hydrogen-bond donors (Lipinski definition) is 1. The lowest BCUT2D eigenvalue weighted by molar-refractivity contribution is -0.00771. The summed E-state index contributed by atoms with van der Waals surface area (Å²) in [6, 6.07) is 0. The number of rotatable bonds is 1. The highest BCUT2D eigenvalue weighted by molar-refractivity contribution is 7.79. The van der Waals surface area contributed by atoms with Gasteiger partial charge in [-0.1, -0.05) is 20.3 Å². The first-order valence-electron chi connectivity index (χ1n) is 5.14. The molecule has 3 heteroatoms. The molecule has 3 aliphatic carbocycles. The zero-order valence-corrected chi connectivity index (χ0v) is 9.14. The molecule has 4 unspecified atom stereocenters. The van der Waals surface area contributed by atoms with Gasteiger partial charge in [-0.05, 0) is 36.5 Å². The van der Waals surface area contributed by atoms with E-state index in [9.17, 15) is 8.76 Å². The summed E-state index contributed by atoms with van der Waals surface area (Å²) in [6.07, 6.45) is 4.51. The van der Waals surface area contributed by atoms with Crippen LogP contribution in [0.4, 0.5) is 0 Å². The minimum atomic E-state index is -1.59. The Morgan fingerprint density at radius 2 is 2.23 bits per heavy atom. The van der Waals surface area contributed by atoms with Crippen LogP contribution in [0.3, 0.4) is 0 Å². The molecule has 0 radical (unpaired) electrons. The third kappa shape index (κ3) is 1.37. The molecule has 0 aromatic rings. The monoisotopic (exact) mass is 202 g/mol. The van der Waals surface area contributed by atoms with Crippen LogP contribution in [-0.2, 0) is 11.1 Å². The summed E-state index contributed by atoms with van der Waals surface area (Å²) in [4.78, 5) is 0. The van der Waals surface area contributed by atoms with E-state index in [0.717, 1.165) is 12.8 Å². The highest BCUT2D eigenvalue weighted by atomic mass is 32.2. The predicted octanol–water partition coefficient (Wildman–Crippen LogP) is 2.42. The maximum atomic E-state index is 11.1. The van der Waals surface area contributed by atoms with Crippen molar-refractivity contribution in [3.63, 3.8) is 0 Å². The minimum absolute atomic E-state index is 0.0607. The van der Waals surface area contributed by atoms with Crippen LogP contribution in [0.15, 0.2) is 0 Å². The smallest absolute Gasteiger partial charge is 0.156 e. The largest absolute Gasteiger partial charge is 0.306 e. The Morgan fingerprint density at radius 1 is 1.54 bits per heavy atom. The van der Waals surface area contributed by atoms with Crippen LogP contribution in [0.5, 0.6) is 0 Å². The van der Waals surface area contributed by atoms with Crippen molar-refractivity contribution < 1.29 is 8.76 Å². The molecule has 0 aromatic heterocycles. The number of fused-ring (bicyclic) bond motifs is 3. The molecule has 13 heavy (non-hydrogen) atoms. The fourth-order valence-corrected chi connectivity index (χ4v) is 4.21. The van der Waals surface area contributed by atoms with E-state index in [1.165, 1.54) is 12.8 Å². The quantitative estimate of drug-likeness (QED) is 0.663. The van der Waals surface area contributed by atoms with Gasteiger partial charge in [-0.2, -0.15) is 0 Å². The van der Waals surface area contributed by atoms with E-state index in [1.807, 2.05) is 0 Å². The molecule has 76 valence electrons. The van der Waals surface area contributed by atoms with Crippen LogP contribution >= 0.6 is 0 Å². The van der Waals surface area contributed by atoms with Crippen LogP contribution in [0.25, 0.3) is 0 Å². The molecule has 0 heterocycles. The molecule has 3 fully saturated rings. The summed E-state index contributed by atoms with van der Waals surface area (Å²) < 4.78 is 20.3. The van der Waals surface area contributed by atoms with Crippen LogP contribution < -0.4 is 0 Å². The second kappa shape index (κ2) is 3.06. The first-order chi connectivity index (χ1) is 6.04. The highest BCUT2D eigenvalue weighted by Crippen LogP contribution is 2.58. The molecule has 1 N–H and O–H groups in total. The van der Waals surface area contributed by atoms with E-state index >= 15 is 0 Å². The van der Waals surface area contributed by atoms with Gasteiger partial charge in [0.25, 0.3) is 0 Å². The van der Waals surface area contributed by atoms with Crippen LogP contribution in [0.2, 0.25) is 0 Å². The summed E-state index contributed by atoms with van der Waals surface area (Å²) >= 11 is -1.59. The molecular weight excluding hydrogens is 184 g/mol. The van der Waals surface area contributed by atoms with E-state index in [0.29, 0.717) is 17.3 Å². The fourth-order valence-electron chi connectivity index (χ4n) is 3.21. The molecule has 0 spiro atoms. The van der Waals surface area contributed by atoms with Gasteiger partial charge in [0.2, 0.25) is 0 Å². The third-order valence-corrected chi connectivity index (χ3v) is 5.52. The first kappa shape index (κ1) is 9.66. The van der Waals surface area contributed by atoms with Gasteiger partial charge in [-0.3, -0.25) is 0 Å². The average Bonchev–Trinajstić information content (AvgIpc) is 2.31. The van der Waals surface area contributed by atoms with Crippen molar-refractivity contribution in [2.75, 3.05) is 0 Å². The van der Waals surface area contributed by atoms with Crippen molar-refractivity contribution >= 4 is 11.1 Å². The maximum absolute atomic E-state index is 11.1. The molecule has 0 amide bonds. The zero-order chi connectivity index (χ0) is 9.64. The lowest BCUT2D eigenvalue weighted by atomic mass is 9.54. The van der Waals surface area contributed by atoms with E-state index in [-0.39, 0.29) is 5.25 Å². The lowest BCUT2D eigenvalue weighted by Crippen LogP contribution is -2.48. The molecule has 3 aliphatic rings. The van der Waals surface area contributed by atoms with Gasteiger partial charge in [-0.15, -0.1) is 0 Å². The standard InChI is InChI=1S/C10H18O2S/c1-7-8-6-10(7,2)5-3-4-9(8)13(11)12/h7-9H,3-6H2,1-2H3,(H,11,12)/t7?,8?,9-,10?/m1/s1. The molecule has 0 aliphatic heterocycles. The molecule has 3 rings (SSSR count). The summed E-state index contributed by atoms with van der Waals surface area (Å²) in [5.74, 6) is 1.16. The summed E-state index contributed by atoms with van der Waals surface area (Å²) in [5, 5.41) is 0.0607. The van der Waals surface area contributed by atoms with Gasteiger partial charge in [0.05, 0.1) is 5.25 Å². The molecule has 3 saturated carbocycles. The molecule has 5 atom stereocenters. The van der Waals surface area contributed by atoms with Gasteiger partial charge in [0.1, 0.15) is 0 Å². The van der Waals surface area contributed by atoms with E-state index in [4.69, 9.17) is 0 Å². The van der Waals surface area contributed by atoms with Crippen molar-refractivity contribution in [2.24, 2.45) is 17.3 Å². The topological polar surface area (TPSA) is 37.3 Å². The van der Waals surface area contributed by atoms with Crippen molar-refractivity contribution in [3.8, 4) is 0 Å². The van der Waals surface area contributed by atoms with Gasteiger partial charge in [0, 0.05) is 0 Å². The van der Waals surface area contributed by atoms with Crippen molar-refractivity contribution in [2.45, 2.75) is 44.8 Å². The fraction of sp³-hybridized carbons (Fsp3) is 1.00. The Kier molecular flexibility index (Phi) is 2.27. The Balaban J connectivity index is 2.16. The van der Waals surface area contributed by atoms with Crippen molar-refractivity contribution in [1.29, 1.82) is 0 Å². The Morgan fingerprint density at radius 3 is 2.77 bits per heavy atom. The second-order valence-electron chi connectivity index (χ2n) is 5.02. The first-order valence-corrected chi connectivity index (χ1v) is 6.31. The summed E-state index contributed by atoms with van der Waals surface area (Å²) in [5.41, 5.74) is 0.485. The summed E-state index contributed by atoms with van der Waals surface area (Å²) in [7, 11) is 0. The van der Waals surface area contributed by atoms with E-state index in [2.05, 4.69) is 13.8 Å². The zero-order valence-electron chi connectivity index (χ0n) is 8.32. The molecule has 0 aromatic carbocycles. The normalized spacial score (nSPS) is 52.1. The SMILES string of the molecule is CC1C2CC1(C)CCC[C@H]2S(=O)O. The van der Waals surface area contributed by atoms with E-state index < -0.39 is 11.1 Å². The molecule has 2 bridgehead atoms. The lowest BCUT2D eigenvalue weighted by Gasteiger charge is -2.52. The van der Waals surface area contributed by atoms with Crippen LogP contribution in [-0.4, -0.2) is 14.0 Å². The Labute approximate surface area is 82.4 Å². The van der Waals surface area contributed by atoms with Gasteiger partial charge in [-0.25, -0.2) is 4.21 Å².